The molecule has 2 amide bonds. The minimum Gasteiger partial charge on any atom is -0.355 e. The van der Waals surface area contributed by atoms with Gasteiger partial charge in [-0.3, -0.25) is 13.9 Å². The molecule has 1 unspecified atom stereocenters. The van der Waals surface area contributed by atoms with Crippen molar-refractivity contribution in [3.63, 3.8) is 0 Å². The van der Waals surface area contributed by atoms with Crippen LogP contribution in [-0.2, 0) is 39.0 Å². The van der Waals surface area contributed by atoms with E-state index in [0.29, 0.717) is 18.7 Å². The predicted octanol–water partition coefficient (Wildman–Crippen LogP) is 4.10. The van der Waals surface area contributed by atoms with Gasteiger partial charge in [-0.25, -0.2) is 8.42 Å². The summed E-state index contributed by atoms with van der Waals surface area (Å²) in [6.45, 7) is 5.97. The average Bonchev–Trinajstić information content (AvgIpc) is 2.90. The molecular weight excluding hydrogens is 498 g/mol. The minimum absolute atomic E-state index is 0.173. The molecule has 0 saturated carbocycles. The van der Waals surface area contributed by atoms with E-state index in [1.807, 2.05) is 87.5 Å². The first-order valence-electron chi connectivity index (χ1n) is 12.9. The number of nitrogens with one attached hydrogen (secondary N) is 1. The zero-order valence-corrected chi connectivity index (χ0v) is 23.4. The van der Waals surface area contributed by atoms with Crippen molar-refractivity contribution in [2.45, 2.75) is 46.2 Å². The maximum atomic E-state index is 14.0. The molecule has 0 aliphatic rings. The van der Waals surface area contributed by atoms with E-state index < -0.39 is 28.5 Å². The largest absolute Gasteiger partial charge is 0.355 e. The zero-order valence-electron chi connectivity index (χ0n) is 22.6. The number of hydrogen-bond acceptors (Lipinski definition) is 4. The van der Waals surface area contributed by atoms with Crippen LogP contribution >= 0.6 is 0 Å². The van der Waals surface area contributed by atoms with E-state index in [4.69, 9.17) is 0 Å². The summed E-state index contributed by atoms with van der Waals surface area (Å²) in [5.41, 5.74) is 4.25. The monoisotopic (exact) mass is 535 g/mol. The van der Waals surface area contributed by atoms with Gasteiger partial charge in [-0.05, 0) is 54.7 Å². The van der Waals surface area contributed by atoms with Crippen molar-refractivity contribution in [2.24, 2.45) is 0 Å². The van der Waals surface area contributed by atoms with Gasteiger partial charge in [0, 0.05) is 19.5 Å². The van der Waals surface area contributed by atoms with Crippen LogP contribution in [0.2, 0.25) is 0 Å². The molecule has 1 N–H and O–H groups in total. The standard InChI is InChI=1S/C30H37N3O4S/c1-5-24-16-18-27(19-17-24)33(38(4,36)37)22-29(34)32(21-26-15-11-10-12-23(26)3)28(30(35)31-6-2)20-25-13-8-7-9-14-25/h7-19,28H,5-6,20-22H2,1-4H3,(H,31,35). The topological polar surface area (TPSA) is 86.8 Å². The predicted molar refractivity (Wildman–Crippen MR) is 152 cm³/mol. The molecular formula is C30H37N3O4S. The Balaban J connectivity index is 2.03. The van der Waals surface area contributed by atoms with Crippen LogP contribution in [0.5, 0.6) is 0 Å². The fraction of sp³-hybridized carbons (Fsp3) is 0.333. The molecule has 0 saturated heterocycles. The number of likely N-dealkylation sites (N-methyl/N-ethyl adjacent to an activating group) is 1. The molecule has 0 aromatic heterocycles. The quantitative estimate of drug-likeness (QED) is 0.378. The summed E-state index contributed by atoms with van der Waals surface area (Å²) in [4.78, 5) is 28.9. The Morgan fingerprint density at radius 3 is 2.08 bits per heavy atom. The Morgan fingerprint density at radius 2 is 1.50 bits per heavy atom. The van der Waals surface area contributed by atoms with Crippen molar-refractivity contribution in [3.05, 3.63) is 101 Å². The lowest BCUT2D eigenvalue weighted by Crippen LogP contribution is -2.53. The van der Waals surface area contributed by atoms with Crippen LogP contribution in [-0.4, -0.2) is 50.5 Å². The number of nitrogens with zero attached hydrogens (tertiary/aromatic N) is 2. The third-order valence-electron chi connectivity index (χ3n) is 6.54. The van der Waals surface area contributed by atoms with Crippen LogP contribution in [0.4, 0.5) is 5.69 Å². The number of aryl methyl sites for hydroxylation is 2. The highest BCUT2D eigenvalue weighted by Crippen LogP contribution is 2.22. The summed E-state index contributed by atoms with van der Waals surface area (Å²) in [5, 5.41) is 2.86. The summed E-state index contributed by atoms with van der Waals surface area (Å²) in [6, 6.07) is 23.5. The van der Waals surface area contributed by atoms with Crippen molar-refractivity contribution in [2.75, 3.05) is 23.7 Å². The van der Waals surface area contributed by atoms with Gasteiger partial charge < -0.3 is 10.2 Å². The number of sulfonamides is 1. The fourth-order valence-corrected chi connectivity index (χ4v) is 5.18. The van der Waals surface area contributed by atoms with Gasteiger partial charge in [-0.2, -0.15) is 0 Å². The maximum absolute atomic E-state index is 14.0. The molecule has 0 heterocycles. The molecule has 7 nitrogen and oxygen atoms in total. The van der Waals surface area contributed by atoms with Gasteiger partial charge in [-0.1, -0.05) is 73.7 Å². The number of carbonyl (C=O) groups excluding carboxylic acids is 2. The molecule has 0 aliphatic carbocycles. The molecule has 3 aromatic carbocycles. The van der Waals surface area contributed by atoms with Crippen LogP contribution in [0, 0.1) is 6.92 Å². The molecule has 202 valence electrons. The molecule has 0 radical (unpaired) electrons. The van der Waals surface area contributed by atoms with E-state index in [0.717, 1.165) is 39.2 Å². The van der Waals surface area contributed by atoms with Gasteiger partial charge in [0.2, 0.25) is 21.8 Å². The maximum Gasteiger partial charge on any atom is 0.244 e. The van der Waals surface area contributed by atoms with E-state index in [1.54, 1.807) is 12.1 Å². The summed E-state index contributed by atoms with van der Waals surface area (Å²) >= 11 is 0. The van der Waals surface area contributed by atoms with E-state index in [2.05, 4.69) is 5.32 Å². The SMILES string of the molecule is CCNC(=O)C(Cc1ccccc1)N(Cc1ccccc1C)C(=O)CN(c1ccc(CC)cc1)S(C)(=O)=O. The minimum atomic E-state index is -3.78. The lowest BCUT2D eigenvalue weighted by Gasteiger charge is -2.33. The molecule has 1 atom stereocenters. The Morgan fingerprint density at radius 1 is 0.868 bits per heavy atom. The van der Waals surface area contributed by atoms with Gasteiger partial charge in [0.25, 0.3) is 0 Å². The number of carbonyl (C=O) groups is 2. The third kappa shape index (κ3) is 7.68. The molecule has 0 spiro atoms. The number of rotatable bonds is 12. The Labute approximate surface area is 226 Å². The van der Waals surface area contributed by atoms with Crippen molar-refractivity contribution in [3.8, 4) is 0 Å². The first kappa shape index (κ1) is 28.9. The van der Waals surface area contributed by atoms with Crippen LogP contribution in [0.3, 0.4) is 0 Å². The summed E-state index contributed by atoms with van der Waals surface area (Å²) < 4.78 is 26.8. The highest BCUT2D eigenvalue weighted by atomic mass is 32.2. The van der Waals surface area contributed by atoms with E-state index in [-0.39, 0.29) is 12.5 Å². The second-order valence-electron chi connectivity index (χ2n) is 9.34. The van der Waals surface area contributed by atoms with Crippen molar-refractivity contribution in [1.82, 2.24) is 10.2 Å². The Hall–Kier alpha value is -3.65. The number of anilines is 1. The van der Waals surface area contributed by atoms with Crippen LogP contribution in [0.1, 0.15) is 36.1 Å². The van der Waals surface area contributed by atoms with E-state index >= 15 is 0 Å². The van der Waals surface area contributed by atoms with Crippen LogP contribution < -0.4 is 9.62 Å². The summed E-state index contributed by atoms with van der Waals surface area (Å²) in [7, 11) is -3.78. The molecule has 3 aromatic rings. The zero-order chi connectivity index (χ0) is 27.7. The molecule has 0 bridgehead atoms. The molecule has 8 heteroatoms. The van der Waals surface area contributed by atoms with Crippen molar-refractivity contribution < 1.29 is 18.0 Å². The first-order chi connectivity index (χ1) is 18.1. The lowest BCUT2D eigenvalue weighted by molar-refractivity contribution is -0.140. The van der Waals surface area contributed by atoms with Crippen molar-refractivity contribution in [1.29, 1.82) is 0 Å². The van der Waals surface area contributed by atoms with Gasteiger partial charge in [0.15, 0.2) is 0 Å². The smallest absolute Gasteiger partial charge is 0.244 e. The second kappa shape index (κ2) is 13.2. The van der Waals surface area contributed by atoms with E-state index in [1.165, 1.54) is 4.90 Å². The summed E-state index contributed by atoms with van der Waals surface area (Å²) in [6.07, 6.45) is 2.20. The number of hydrogen-bond donors (Lipinski definition) is 1. The van der Waals surface area contributed by atoms with Crippen molar-refractivity contribution >= 4 is 27.5 Å². The molecule has 0 fully saturated rings. The van der Waals surface area contributed by atoms with Crippen LogP contribution in [0.15, 0.2) is 78.9 Å². The summed E-state index contributed by atoms with van der Waals surface area (Å²) in [5.74, 6) is -0.734. The molecule has 0 aliphatic heterocycles. The molecule has 3 rings (SSSR count). The van der Waals surface area contributed by atoms with Gasteiger partial charge in [-0.15, -0.1) is 0 Å². The number of amides is 2. The van der Waals surface area contributed by atoms with Gasteiger partial charge >= 0.3 is 0 Å². The van der Waals surface area contributed by atoms with Crippen LogP contribution in [0.25, 0.3) is 0 Å². The highest BCUT2D eigenvalue weighted by Gasteiger charge is 2.33. The van der Waals surface area contributed by atoms with Gasteiger partial charge in [0.1, 0.15) is 12.6 Å². The number of benzene rings is 3. The van der Waals surface area contributed by atoms with E-state index in [9.17, 15) is 18.0 Å². The molecule has 38 heavy (non-hydrogen) atoms. The average molecular weight is 536 g/mol. The second-order valence-corrected chi connectivity index (χ2v) is 11.2. The Kier molecular flexibility index (Phi) is 10.1. The lowest BCUT2D eigenvalue weighted by atomic mass is 10.0. The first-order valence-corrected chi connectivity index (χ1v) is 14.7. The fourth-order valence-electron chi connectivity index (χ4n) is 4.33. The van der Waals surface area contributed by atoms with Gasteiger partial charge in [0.05, 0.1) is 11.9 Å². The highest BCUT2D eigenvalue weighted by molar-refractivity contribution is 7.92. The normalized spacial score (nSPS) is 12.0. The third-order valence-corrected chi connectivity index (χ3v) is 7.68. The Bertz CT molecular complexity index is 1330.